The Morgan fingerprint density at radius 2 is 0.882 bits per heavy atom. The number of aliphatic hydroxyl groups excluding tert-OH is 1. The fraction of sp³-hybridized carbons (Fsp3) is 0.814. The average molecular weight is 977 g/mol. The van der Waals surface area contributed by atoms with Crippen molar-refractivity contribution in [2.24, 2.45) is 0 Å². The quantitative estimate of drug-likeness (QED) is 0.0243. The molecule has 0 spiro atoms. The van der Waals surface area contributed by atoms with Crippen LogP contribution in [0.15, 0.2) is 60.8 Å². The predicted molar refractivity (Wildman–Crippen MR) is 295 cm³/mol. The largest absolute Gasteiger partial charge is 0.472 e. The van der Waals surface area contributed by atoms with Gasteiger partial charge in [0.05, 0.1) is 39.9 Å². The van der Waals surface area contributed by atoms with Crippen LogP contribution in [0.5, 0.6) is 0 Å². The lowest BCUT2D eigenvalue weighted by molar-refractivity contribution is -0.870. The third-order valence-electron chi connectivity index (χ3n) is 12.8. The van der Waals surface area contributed by atoms with E-state index in [4.69, 9.17) is 9.05 Å². The Balaban J connectivity index is 3.85. The van der Waals surface area contributed by atoms with E-state index in [0.29, 0.717) is 23.9 Å². The summed E-state index contributed by atoms with van der Waals surface area (Å²) in [6.07, 6.45) is 67.4. The molecular formula is C59H112N2O6P+. The highest BCUT2D eigenvalue weighted by Gasteiger charge is 2.28. The lowest BCUT2D eigenvalue weighted by Gasteiger charge is -2.26. The first-order valence-electron chi connectivity index (χ1n) is 28.7. The molecule has 3 unspecified atom stereocenters. The van der Waals surface area contributed by atoms with Crippen molar-refractivity contribution in [3.8, 4) is 0 Å². The molecule has 8 nitrogen and oxygen atoms in total. The molecule has 0 heterocycles. The van der Waals surface area contributed by atoms with E-state index in [9.17, 15) is 19.4 Å². The summed E-state index contributed by atoms with van der Waals surface area (Å²) < 4.78 is 23.6. The van der Waals surface area contributed by atoms with Crippen LogP contribution in [0.25, 0.3) is 0 Å². The van der Waals surface area contributed by atoms with Crippen molar-refractivity contribution >= 4 is 13.7 Å². The number of carbonyl (C=O) groups is 1. The lowest BCUT2D eigenvalue weighted by Crippen LogP contribution is -2.46. The standard InChI is InChI=1S/C59H111N2O6P/c1-6-8-10-12-14-16-17-18-19-20-21-22-23-24-25-26-27-28-29-30-31-32-33-34-35-36-37-38-39-40-41-42-43-45-47-49-51-53-59(63)60-57(56-67-68(64,65)66-55-54-61(3,4)5)58(62)52-50-48-46-44-15-13-11-9-7-2/h8,10,14,16,18-19,21-22,24-25,57-58,62H,6-7,9,11-13,15,17,20,23,26-56H2,1-5H3,(H-,60,63,64,65)/p+1/b10-8-,16-14-,19-18-,22-21-,25-24-. The summed E-state index contributed by atoms with van der Waals surface area (Å²) in [6, 6.07) is -0.758. The summed E-state index contributed by atoms with van der Waals surface area (Å²) in [5.74, 6) is -0.144. The molecule has 0 aliphatic heterocycles. The number of phosphoric ester groups is 1. The van der Waals surface area contributed by atoms with E-state index in [1.165, 1.54) is 161 Å². The van der Waals surface area contributed by atoms with E-state index in [2.05, 4.69) is 79.9 Å². The van der Waals surface area contributed by atoms with Crippen molar-refractivity contribution in [1.82, 2.24) is 5.32 Å². The number of nitrogens with zero attached hydrogens (tertiary/aromatic N) is 1. The predicted octanol–water partition coefficient (Wildman–Crippen LogP) is 17.3. The number of rotatable bonds is 52. The Hall–Kier alpha value is -1.80. The summed E-state index contributed by atoms with van der Waals surface area (Å²) in [5, 5.41) is 13.9. The number of hydrogen-bond acceptors (Lipinski definition) is 5. The highest BCUT2D eigenvalue weighted by Crippen LogP contribution is 2.43. The second-order valence-electron chi connectivity index (χ2n) is 20.6. The van der Waals surface area contributed by atoms with Gasteiger partial charge < -0.3 is 19.8 Å². The van der Waals surface area contributed by atoms with Gasteiger partial charge in [0.1, 0.15) is 13.2 Å². The zero-order valence-corrected chi connectivity index (χ0v) is 46.2. The van der Waals surface area contributed by atoms with Gasteiger partial charge in [-0.1, -0.05) is 254 Å². The van der Waals surface area contributed by atoms with Gasteiger partial charge in [0, 0.05) is 6.42 Å². The van der Waals surface area contributed by atoms with E-state index in [-0.39, 0.29) is 19.1 Å². The van der Waals surface area contributed by atoms with Crippen molar-refractivity contribution in [2.45, 2.75) is 270 Å². The SMILES string of the molecule is CC/C=C\C/C=C\C/C=C\C/C=C\C/C=C\CCCCCCCCCCCCCCCCCCCCCCCC(=O)NC(COP(=O)(O)OCC[N+](C)(C)C)C(O)CCCCCCCCCCC. The number of amides is 1. The zero-order valence-electron chi connectivity index (χ0n) is 45.3. The number of likely N-dealkylation sites (N-methyl/N-ethyl adjacent to an activating group) is 1. The molecule has 9 heteroatoms. The van der Waals surface area contributed by atoms with E-state index in [1.54, 1.807) is 0 Å². The molecule has 0 bridgehead atoms. The number of allylic oxidation sites excluding steroid dienone is 10. The fourth-order valence-corrected chi connectivity index (χ4v) is 9.05. The van der Waals surface area contributed by atoms with Crippen molar-refractivity contribution in [3.05, 3.63) is 60.8 Å². The van der Waals surface area contributed by atoms with Crippen LogP contribution in [0.4, 0.5) is 0 Å². The highest BCUT2D eigenvalue weighted by molar-refractivity contribution is 7.47. The van der Waals surface area contributed by atoms with Crippen LogP contribution in [0, 0.1) is 0 Å². The van der Waals surface area contributed by atoms with Gasteiger partial charge in [0.15, 0.2) is 0 Å². The normalized spacial score (nSPS) is 14.4. The minimum absolute atomic E-state index is 0.0749. The molecule has 0 rings (SSSR count). The topological polar surface area (TPSA) is 105 Å². The van der Waals surface area contributed by atoms with E-state index < -0.39 is 20.0 Å². The number of carbonyl (C=O) groups excluding carboxylic acids is 1. The van der Waals surface area contributed by atoms with Crippen LogP contribution < -0.4 is 5.32 Å². The van der Waals surface area contributed by atoms with Gasteiger partial charge in [-0.25, -0.2) is 4.57 Å². The molecule has 0 radical (unpaired) electrons. The van der Waals surface area contributed by atoms with Crippen LogP contribution in [0.1, 0.15) is 258 Å². The van der Waals surface area contributed by atoms with Crippen molar-refractivity contribution in [3.63, 3.8) is 0 Å². The van der Waals surface area contributed by atoms with Crippen molar-refractivity contribution < 1.29 is 32.9 Å². The maximum Gasteiger partial charge on any atom is 0.472 e. The average Bonchev–Trinajstić information content (AvgIpc) is 3.30. The van der Waals surface area contributed by atoms with Gasteiger partial charge in [-0.3, -0.25) is 13.8 Å². The van der Waals surface area contributed by atoms with Gasteiger partial charge in [-0.05, 0) is 57.8 Å². The monoisotopic (exact) mass is 976 g/mol. The number of hydrogen-bond donors (Lipinski definition) is 3. The maximum atomic E-state index is 12.9. The van der Waals surface area contributed by atoms with Crippen LogP contribution >= 0.6 is 7.82 Å². The number of nitrogens with one attached hydrogen (secondary N) is 1. The van der Waals surface area contributed by atoms with Crippen molar-refractivity contribution in [2.75, 3.05) is 40.9 Å². The van der Waals surface area contributed by atoms with Crippen molar-refractivity contribution in [1.29, 1.82) is 0 Å². The van der Waals surface area contributed by atoms with E-state index in [1.807, 2.05) is 21.1 Å². The first kappa shape index (κ1) is 66.2. The summed E-state index contributed by atoms with van der Waals surface area (Å²) in [5.41, 5.74) is 0. The van der Waals surface area contributed by atoms with Crippen LogP contribution in [-0.4, -0.2) is 73.4 Å². The Morgan fingerprint density at radius 3 is 1.29 bits per heavy atom. The van der Waals surface area contributed by atoms with E-state index in [0.717, 1.165) is 70.6 Å². The molecular weight excluding hydrogens is 864 g/mol. The molecule has 0 aliphatic rings. The van der Waals surface area contributed by atoms with Crippen LogP contribution in [-0.2, 0) is 18.4 Å². The van der Waals surface area contributed by atoms with Gasteiger partial charge in [0.25, 0.3) is 0 Å². The second kappa shape index (κ2) is 50.2. The smallest absolute Gasteiger partial charge is 0.391 e. The Bertz CT molecular complexity index is 1290. The summed E-state index contributed by atoms with van der Waals surface area (Å²) >= 11 is 0. The summed E-state index contributed by atoms with van der Waals surface area (Å²) in [4.78, 5) is 23.2. The number of phosphoric acid groups is 1. The molecule has 3 atom stereocenters. The van der Waals surface area contributed by atoms with Gasteiger partial charge in [-0.2, -0.15) is 0 Å². The highest BCUT2D eigenvalue weighted by atomic mass is 31.2. The Morgan fingerprint density at radius 1 is 0.515 bits per heavy atom. The minimum atomic E-state index is -4.31. The number of aliphatic hydroxyl groups is 1. The van der Waals surface area contributed by atoms with Gasteiger partial charge in [-0.15, -0.1) is 0 Å². The van der Waals surface area contributed by atoms with E-state index >= 15 is 0 Å². The number of quaternary nitrogens is 1. The number of unbranched alkanes of at least 4 members (excludes halogenated alkanes) is 29. The Kier molecular flexibility index (Phi) is 48.8. The van der Waals surface area contributed by atoms with Gasteiger partial charge in [0.2, 0.25) is 5.91 Å². The molecule has 0 aliphatic carbocycles. The summed E-state index contributed by atoms with van der Waals surface area (Å²) in [7, 11) is 1.62. The molecule has 0 aromatic carbocycles. The molecule has 1 amide bonds. The molecule has 0 saturated heterocycles. The van der Waals surface area contributed by atoms with Gasteiger partial charge >= 0.3 is 7.82 Å². The second-order valence-corrected chi connectivity index (χ2v) is 22.1. The third kappa shape index (κ3) is 52.0. The lowest BCUT2D eigenvalue weighted by atomic mass is 10.0. The molecule has 68 heavy (non-hydrogen) atoms. The summed E-state index contributed by atoms with van der Waals surface area (Å²) in [6.45, 7) is 4.76. The molecule has 0 aromatic rings. The first-order chi connectivity index (χ1) is 33.0. The molecule has 0 fully saturated rings. The molecule has 3 N–H and O–H groups in total. The molecule has 0 aromatic heterocycles. The molecule has 0 saturated carbocycles. The Labute approximate surface area is 422 Å². The van der Waals surface area contributed by atoms with Crippen LogP contribution in [0.3, 0.4) is 0 Å². The fourth-order valence-electron chi connectivity index (χ4n) is 8.31. The molecule has 398 valence electrons. The zero-order chi connectivity index (χ0) is 49.9. The van der Waals surface area contributed by atoms with Crippen LogP contribution in [0.2, 0.25) is 0 Å². The maximum absolute atomic E-state index is 12.9. The first-order valence-corrected chi connectivity index (χ1v) is 30.1. The minimum Gasteiger partial charge on any atom is -0.391 e. The third-order valence-corrected chi connectivity index (χ3v) is 13.8.